The Labute approximate surface area is 110 Å². The van der Waals surface area contributed by atoms with Crippen molar-refractivity contribution in [3.63, 3.8) is 0 Å². The number of rotatable bonds is 4. The van der Waals surface area contributed by atoms with Crippen LogP contribution in [-0.2, 0) is 15.8 Å². The lowest BCUT2D eigenvalue weighted by molar-refractivity contribution is 0.600. The lowest BCUT2D eigenvalue weighted by Crippen LogP contribution is -2.15. The van der Waals surface area contributed by atoms with E-state index in [1.165, 1.54) is 18.7 Å². The van der Waals surface area contributed by atoms with Crippen LogP contribution in [0.25, 0.3) is 0 Å². The van der Waals surface area contributed by atoms with Gasteiger partial charge in [0.25, 0.3) is 0 Å². The summed E-state index contributed by atoms with van der Waals surface area (Å²) >= 11 is 0. The summed E-state index contributed by atoms with van der Waals surface area (Å²) in [4.78, 5) is 7.45. The highest BCUT2D eigenvalue weighted by atomic mass is 32.2. The van der Waals surface area contributed by atoms with E-state index in [2.05, 4.69) is 14.7 Å². The summed E-state index contributed by atoms with van der Waals surface area (Å²) < 4.78 is 26.2. The third-order valence-electron chi connectivity index (χ3n) is 2.27. The van der Waals surface area contributed by atoms with E-state index in [1.54, 1.807) is 24.3 Å². The maximum atomic E-state index is 11.9. The molecule has 0 fully saturated rings. The average molecular weight is 274 g/mol. The van der Waals surface area contributed by atoms with E-state index in [1.807, 2.05) is 6.07 Å². The molecular weight excluding hydrogens is 264 g/mol. The van der Waals surface area contributed by atoms with Crippen molar-refractivity contribution in [1.29, 1.82) is 5.26 Å². The fraction of sp³-hybridized carbons (Fsp3) is 0.0833. The molecule has 2 rings (SSSR count). The number of nitrogens with one attached hydrogen (secondary N) is 1. The lowest BCUT2D eigenvalue weighted by Gasteiger charge is -2.07. The van der Waals surface area contributed by atoms with Crippen LogP contribution in [0.15, 0.2) is 43.0 Å². The lowest BCUT2D eigenvalue weighted by atomic mass is 10.2. The molecular formula is C12H10N4O2S. The zero-order chi connectivity index (χ0) is 13.7. The molecule has 6 nitrogen and oxygen atoms in total. The molecule has 0 bridgehead atoms. The van der Waals surface area contributed by atoms with E-state index in [9.17, 15) is 8.42 Å². The van der Waals surface area contributed by atoms with Crippen LogP contribution < -0.4 is 4.72 Å². The maximum Gasteiger partial charge on any atom is 0.237 e. The fourth-order valence-electron chi connectivity index (χ4n) is 1.46. The van der Waals surface area contributed by atoms with Gasteiger partial charge in [0.1, 0.15) is 6.33 Å². The SMILES string of the molecule is N#Cc1ccc(CS(=O)(=O)Nc2cncnc2)cc1. The number of benzene rings is 1. The molecule has 1 heterocycles. The van der Waals surface area contributed by atoms with E-state index in [0.29, 0.717) is 16.8 Å². The van der Waals surface area contributed by atoms with Gasteiger partial charge in [-0.15, -0.1) is 0 Å². The smallest absolute Gasteiger partial charge is 0.237 e. The van der Waals surface area contributed by atoms with E-state index >= 15 is 0 Å². The van der Waals surface area contributed by atoms with Crippen LogP contribution in [0.5, 0.6) is 0 Å². The van der Waals surface area contributed by atoms with Crippen LogP contribution in [0.3, 0.4) is 0 Å². The summed E-state index contributed by atoms with van der Waals surface area (Å²) in [6, 6.07) is 8.36. The Kier molecular flexibility index (Phi) is 3.73. The van der Waals surface area contributed by atoms with Crippen LogP contribution in [0.1, 0.15) is 11.1 Å². The molecule has 0 radical (unpaired) electrons. The second-order valence-corrected chi connectivity index (χ2v) is 5.52. The summed E-state index contributed by atoms with van der Waals surface area (Å²) in [5, 5.41) is 8.66. The van der Waals surface area contributed by atoms with Crippen molar-refractivity contribution in [3.05, 3.63) is 54.1 Å². The Morgan fingerprint density at radius 2 is 1.79 bits per heavy atom. The number of hydrogen-bond acceptors (Lipinski definition) is 5. The second-order valence-electron chi connectivity index (χ2n) is 3.80. The highest BCUT2D eigenvalue weighted by Crippen LogP contribution is 2.11. The van der Waals surface area contributed by atoms with Gasteiger partial charge in [-0.25, -0.2) is 18.4 Å². The zero-order valence-electron chi connectivity index (χ0n) is 9.81. The number of hydrogen-bond donors (Lipinski definition) is 1. The number of aromatic nitrogens is 2. The predicted molar refractivity (Wildman–Crippen MR) is 69.4 cm³/mol. The quantitative estimate of drug-likeness (QED) is 0.906. The average Bonchev–Trinajstić information content (AvgIpc) is 2.39. The van der Waals surface area contributed by atoms with Crippen LogP contribution in [0.4, 0.5) is 5.69 Å². The largest absolute Gasteiger partial charge is 0.280 e. The van der Waals surface area contributed by atoms with Crippen molar-refractivity contribution >= 4 is 15.7 Å². The van der Waals surface area contributed by atoms with E-state index in [-0.39, 0.29) is 5.75 Å². The first-order chi connectivity index (χ1) is 9.09. The van der Waals surface area contributed by atoms with Crippen molar-refractivity contribution in [3.8, 4) is 6.07 Å². The van der Waals surface area contributed by atoms with Gasteiger partial charge >= 0.3 is 0 Å². The van der Waals surface area contributed by atoms with E-state index in [4.69, 9.17) is 5.26 Å². The molecule has 0 aliphatic carbocycles. The van der Waals surface area contributed by atoms with Crippen LogP contribution in [0, 0.1) is 11.3 Å². The molecule has 0 saturated heterocycles. The van der Waals surface area contributed by atoms with Crippen LogP contribution in [-0.4, -0.2) is 18.4 Å². The van der Waals surface area contributed by atoms with Gasteiger partial charge in [-0.05, 0) is 17.7 Å². The minimum Gasteiger partial charge on any atom is -0.280 e. The Hall–Kier alpha value is -2.46. The molecule has 1 aromatic carbocycles. The minimum absolute atomic E-state index is 0.173. The van der Waals surface area contributed by atoms with Crippen molar-refractivity contribution in [2.45, 2.75) is 5.75 Å². The molecule has 0 amide bonds. The Bertz CT molecular complexity index is 691. The van der Waals surface area contributed by atoms with Gasteiger partial charge in [0, 0.05) is 0 Å². The zero-order valence-corrected chi connectivity index (χ0v) is 10.6. The molecule has 0 spiro atoms. The summed E-state index contributed by atoms with van der Waals surface area (Å²) in [5.74, 6) is -0.173. The van der Waals surface area contributed by atoms with Crippen molar-refractivity contribution < 1.29 is 8.42 Å². The van der Waals surface area contributed by atoms with Gasteiger partial charge in [0.15, 0.2) is 0 Å². The van der Waals surface area contributed by atoms with Gasteiger partial charge in [0.2, 0.25) is 10.0 Å². The number of sulfonamides is 1. The van der Waals surface area contributed by atoms with Crippen molar-refractivity contribution in [2.75, 3.05) is 4.72 Å². The van der Waals surface area contributed by atoms with Crippen LogP contribution >= 0.6 is 0 Å². The Balaban J connectivity index is 2.11. The summed E-state index contributed by atoms with van der Waals surface area (Å²) in [7, 11) is -3.52. The minimum atomic E-state index is -3.52. The first kappa shape index (κ1) is 13.0. The van der Waals surface area contributed by atoms with Gasteiger partial charge < -0.3 is 0 Å². The normalized spacial score (nSPS) is 10.7. The monoisotopic (exact) mass is 274 g/mol. The van der Waals surface area contributed by atoms with Gasteiger partial charge in [-0.2, -0.15) is 5.26 Å². The third-order valence-corrected chi connectivity index (χ3v) is 3.53. The number of nitriles is 1. The summed E-state index contributed by atoms with van der Waals surface area (Å²) in [5.41, 5.74) is 1.41. The molecule has 0 aliphatic rings. The number of anilines is 1. The molecule has 0 saturated carbocycles. The van der Waals surface area contributed by atoms with E-state index in [0.717, 1.165) is 0 Å². The molecule has 1 aromatic heterocycles. The Morgan fingerprint density at radius 1 is 1.16 bits per heavy atom. The molecule has 0 aliphatic heterocycles. The van der Waals surface area contributed by atoms with Gasteiger partial charge in [-0.3, -0.25) is 4.72 Å². The molecule has 19 heavy (non-hydrogen) atoms. The van der Waals surface area contributed by atoms with E-state index < -0.39 is 10.0 Å². The predicted octanol–water partition coefficient (Wildman–Crippen LogP) is 1.29. The molecule has 0 atom stereocenters. The highest BCUT2D eigenvalue weighted by molar-refractivity contribution is 7.91. The number of nitrogens with zero attached hydrogens (tertiary/aromatic N) is 3. The molecule has 7 heteroatoms. The standard InChI is InChI=1S/C12H10N4O2S/c13-5-10-1-3-11(4-2-10)8-19(17,18)16-12-6-14-9-15-7-12/h1-4,6-7,9,16H,8H2. The van der Waals surface area contributed by atoms with Gasteiger partial charge in [0.05, 0.1) is 35.5 Å². The molecule has 1 N–H and O–H groups in total. The Morgan fingerprint density at radius 3 is 2.37 bits per heavy atom. The third kappa shape index (κ3) is 3.76. The topological polar surface area (TPSA) is 95.7 Å². The van der Waals surface area contributed by atoms with Gasteiger partial charge in [-0.1, -0.05) is 12.1 Å². The first-order valence-electron chi connectivity index (χ1n) is 5.33. The summed E-state index contributed by atoms with van der Waals surface area (Å²) in [6.45, 7) is 0. The first-order valence-corrected chi connectivity index (χ1v) is 6.99. The highest BCUT2D eigenvalue weighted by Gasteiger charge is 2.11. The molecule has 0 unspecified atom stereocenters. The second kappa shape index (κ2) is 5.46. The summed E-state index contributed by atoms with van der Waals surface area (Å²) in [6.07, 6.45) is 4.07. The molecule has 96 valence electrons. The molecule has 2 aromatic rings. The fourth-order valence-corrected chi connectivity index (χ4v) is 2.63. The van der Waals surface area contributed by atoms with Crippen LogP contribution in [0.2, 0.25) is 0 Å². The van der Waals surface area contributed by atoms with Crippen molar-refractivity contribution in [1.82, 2.24) is 9.97 Å². The van der Waals surface area contributed by atoms with Crippen molar-refractivity contribution in [2.24, 2.45) is 0 Å². The maximum absolute atomic E-state index is 11.9.